The Morgan fingerprint density at radius 3 is 2.37 bits per heavy atom. The molecular weight excluding hydrogens is 330 g/mol. The van der Waals surface area contributed by atoms with Crippen LogP contribution in [0.25, 0.3) is 0 Å². The summed E-state index contributed by atoms with van der Waals surface area (Å²) in [5.41, 5.74) is 7.20. The summed E-state index contributed by atoms with van der Waals surface area (Å²) in [6.07, 6.45) is 2.81. The van der Waals surface area contributed by atoms with Crippen LogP contribution in [0.4, 0.5) is 11.5 Å². The molecule has 1 N–H and O–H groups in total. The zero-order valence-corrected chi connectivity index (χ0v) is 16.1. The van der Waals surface area contributed by atoms with Crippen LogP contribution in [0, 0.1) is 12.8 Å². The fraction of sp³-hybridized carbons (Fsp3) is 0.250. The molecular formula is C24H25N3. The van der Waals surface area contributed by atoms with E-state index in [9.17, 15) is 0 Å². The van der Waals surface area contributed by atoms with Crippen molar-refractivity contribution in [3.05, 3.63) is 89.1 Å². The first kappa shape index (κ1) is 17.5. The number of aryl methyl sites for hydroxylation is 1. The minimum absolute atomic E-state index is 0.219. The SMILES string of the molecule is Cc1ccc(NC(c2ccc(C3=Nc4ccccc4C3)cc2)C(C)C)nc1. The van der Waals surface area contributed by atoms with Crippen molar-refractivity contribution < 1.29 is 0 Å². The van der Waals surface area contributed by atoms with Crippen LogP contribution in [0.3, 0.4) is 0 Å². The normalized spacial score (nSPS) is 14.0. The van der Waals surface area contributed by atoms with E-state index in [1.807, 2.05) is 18.3 Å². The Balaban J connectivity index is 1.54. The molecule has 0 spiro atoms. The van der Waals surface area contributed by atoms with Crippen LogP contribution in [-0.2, 0) is 6.42 Å². The molecule has 0 aliphatic carbocycles. The molecule has 3 heteroatoms. The highest BCUT2D eigenvalue weighted by molar-refractivity contribution is 6.06. The zero-order valence-electron chi connectivity index (χ0n) is 16.1. The Bertz CT molecular complexity index is 954. The second-order valence-electron chi connectivity index (χ2n) is 7.57. The van der Waals surface area contributed by atoms with Gasteiger partial charge in [-0.25, -0.2) is 4.98 Å². The molecule has 2 heterocycles. The van der Waals surface area contributed by atoms with E-state index in [4.69, 9.17) is 4.99 Å². The lowest BCUT2D eigenvalue weighted by molar-refractivity contribution is 0.545. The molecule has 4 rings (SSSR count). The first-order valence-corrected chi connectivity index (χ1v) is 9.55. The highest BCUT2D eigenvalue weighted by Gasteiger charge is 2.18. The third-order valence-corrected chi connectivity index (χ3v) is 5.09. The van der Waals surface area contributed by atoms with Gasteiger partial charge in [0.05, 0.1) is 17.4 Å². The van der Waals surface area contributed by atoms with Crippen molar-refractivity contribution in [3.8, 4) is 0 Å². The minimum atomic E-state index is 0.219. The third kappa shape index (κ3) is 3.77. The van der Waals surface area contributed by atoms with Crippen LogP contribution in [0.15, 0.2) is 71.9 Å². The molecule has 3 aromatic rings. The predicted octanol–water partition coefficient (Wildman–Crippen LogP) is 5.88. The highest BCUT2D eigenvalue weighted by Crippen LogP contribution is 2.30. The van der Waals surface area contributed by atoms with Gasteiger partial charge in [0, 0.05) is 12.6 Å². The fourth-order valence-electron chi connectivity index (χ4n) is 3.53. The first-order valence-electron chi connectivity index (χ1n) is 9.55. The standard InChI is InChI=1S/C24H25N3/c1-16(2)24(27-23-13-8-17(3)15-25-23)19-11-9-18(10-12-19)22-14-20-6-4-5-7-21(20)26-22/h4-13,15-16,24H,14H2,1-3H3,(H,25,27). The van der Waals surface area contributed by atoms with Gasteiger partial charge in [0.1, 0.15) is 5.82 Å². The van der Waals surface area contributed by atoms with Crippen molar-refractivity contribution in [1.82, 2.24) is 4.98 Å². The summed E-state index contributed by atoms with van der Waals surface area (Å²) in [6.45, 7) is 6.52. The molecule has 3 nitrogen and oxygen atoms in total. The van der Waals surface area contributed by atoms with E-state index in [1.165, 1.54) is 22.3 Å². The average molecular weight is 355 g/mol. The number of anilines is 1. The highest BCUT2D eigenvalue weighted by atomic mass is 15.0. The maximum atomic E-state index is 4.80. The van der Waals surface area contributed by atoms with E-state index in [0.29, 0.717) is 5.92 Å². The Kier molecular flexibility index (Phi) is 4.76. The van der Waals surface area contributed by atoms with Gasteiger partial charge >= 0.3 is 0 Å². The number of fused-ring (bicyclic) bond motifs is 1. The van der Waals surface area contributed by atoms with Gasteiger partial charge < -0.3 is 5.32 Å². The molecule has 1 unspecified atom stereocenters. The maximum Gasteiger partial charge on any atom is 0.126 e. The molecule has 2 aromatic carbocycles. The Labute approximate surface area is 161 Å². The summed E-state index contributed by atoms with van der Waals surface area (Å²) >= 11 is 0. The number of benzene rings is 2. The van der Waals surface area contributed by atoms with E-state index in [1.54, 1.807) is 0 Å². The van der Waals surface area contributed by atoms with Crippen molar-refractivity contribution in [2.45, 2.75) is 33.2 Å². The molecule has 1 aromatic heterocycles. The lowest BCUT2D eigenvalue weighted by atomic mass is 9.94. The maximum absolute atomic E-state index is 4.80. The van der Waals surface area contributed by atoms with Crippen molar-refractivity contribution in [2.75, 3.05) is 5.32 Å². The molecule has 0 saturated heterocycles. The minimum Gasteiger partial charge on any atom is -0.363 e. The first-order chi connectivity index (χ1) is 13.1. The van der Waals surface area contributed by atoms with E-state index >= 15 is 0 Å². The van der Waals surface area contributed by atoms with Crippen LogP contribution in [0.5, 0.6) is 0 Å². The number of para-hydroxylation sites is 1. The number of pyridine rings is 1. The topological polar surface area (TPSA) is 37.3 Å². The van der Waals surface area contributed by atoms with Gasteiger partial charge in [0.15, 0.2) is 0 Å². The summed E-state index contributed by atoms with van der Waals surface area (Å²) in [5, 5.41) is 3.58. The van der Waals surface area contributed by atoms with Crippen LogP contribution >= 0.6 is 0 Å². The number of aromatic nitrogens is 1. The zero-order chi connectivity index (χ0) is 18.8. The number of rotatable bonds is 5. The Hall–Kier alpha value is -2.94. The molecule has 0 saturated carbocycles. The van der Waals surface area contributed by atoms with Gasteiger partial charge in [-0.3, -0.25) is 4.99 Å². The monoisotopic (exact) mass is 355 g/mol. The average Bonchev–Trinajstić information content (AvgIpc) is 3.12. The third-order valence-electron chi connectivity index (χ3n) is 5.09. The summed E-state index contributed by atoms with van der Waals surface area (Å²) in [6, 6.07) is 21.5. The summed E-state index contributed by atoms with van der Waals surface area (Å²) in [7, 11) is 0. The van der Waals surface area contributed by atoms with Gasteiger partial charge in [-0.15, -0.1) is 0 Å². The largest absolute Gasteiger partial charge is 0.363 e. The number of hydrogen-bond donors (Lipinski definition) is 1. The van der Waals surface area contributed by atoms with E-state index < -0.39 is 0 Å². The number of aliphatic imine (C=N–C) groups is 1. The predicted molar refractivity (Wildman–Crippen MR) is 113 cm³/mol. The molecule has 0 radical (unpaired) electrons. The van der Waals surface area contributed by atoms with Gasteiger partial charge in [0.25, 0.3) is 0 Å². The van der Waals surface area contributed by atoms with E-state index in [2.05, 4.69) is 79.6 Å². The van der Waals surface area contributed by atoms with Crippen molar-refractivity contribution in [1.29, 1.82) is 0 Å². The number of hydrogen-bond acceptors (Lipinski definition) is 3. The molecule has 0 amide bonds. The fourth-order valence-corrected chi connectivity index (χ4v) is 3.53. The Morgan fingerprint density at radius 2 is 1.70 bits per heavy atom. The molecule has 1 aliphatic rings. The second-order valence-corrected chi connectivity index (χ2v) is 7.57. The Morgan fingerprint density at radius 1 is 0.926 bits per heavy atom. The second kappa shape index (κ2) is 7.36. The smallest absolute Gasteiger partial charge is 0.126 e. The lowest BCUT2D eigenvalue weighted by Crippen LogP contribution is -2.17. The van der Waals surface area contributed by atoms with Crippen LogP contribution in [0.2, 0.25) is 0 Å². The molecule has 27 heavy (non-hydrogen) atoms. The van der Waals surface area contributed by atoms with Gasteiger partial charge in [-0.1, -0.05) is 62.4 Å². The molecule has 1 aliphatic heterocycles. The molecule has 0 fully saturated rings. The van der Waals surface area contributed by atoms with Gasteiger partial charge in [-0.05, 0) is 47.2 Å². The quantitative estimate of drug-likeness (QED) is 0.621. The number of nitrogens with one attached hydrogen (secondary N) is 1. The van der Waals surface area contributed by atoms with Crippen LogP contribution < -0.4 is 5.32 Å². The van der Waals surface area contributed by atoms with Crippen LogP contribution in [0.1, 0.15) is 42.1 Å². The summed E-state index contributed by atoms with van der Waals surface area (Å²) in [4.78, 5) is 9.30. The molecule has 0 bridgehead atoms. The lowest BCUT2D eigenvalue weighted by Gasteiger charge is -2.24. The summed E-state index contributed by atoms with van der Waals surface area (Å²) in [5.74, 6) is 1.37. The molecule has 1 atom stereocenters. The molecule has 136 valence electrons. The van der Waals surface area contributed by atoms with E-state index in [0.717, 1.165) is 23.6 Å². The van der Waals surface area contributed by atoms with Crippen molar-refractivity contribution in [2.24, 2.45) is 10.9 Å². The van der Waals surface area contributed by atoms with Crippen LogP contribution in [-0.4, -0.2) is 10.7 Å². The van der Waals surface area contributed by atoms with Crippen molar-refractivity contribution >= 4 is 17.2 Å². The van der Waals surface area contributed by atoms with E-state index in [-0.39, 0.29) is 6.04 Å². The van der Waals surface area contributed by atoms with Crippen molar-refractivity contribution in [3.63, 3.8) is 0 Å². The number of nitrogens with zero attached hydrogens (tertiary/aromatic N) is 2. The van der Waals surface area contributed by atoms with Gasteiger partial charge in [0.2, 0.25) is 0 Å². The summed E-state index contributed by atoms with van der Waals surface area (Å²) < 4.78 is 0. The van der Waals surface area contributed by atoms with Gasteiger partial charge in [-0.2, -0.15) is 0 Å².